The zero-order valence-corrected chi connectivity index (χ0v) is 6.28. The van der Waals surface area contributed by atoms with Crippen LogP contribution in [0, 0.1) is 6.42 Å². The summed E-state index contributed by atoms with van der Waals surface area (Å²) in [5, 5.41) is 0. The molecule has 0 bridgehead atoms. The van der Waals surface area contributed by atoms with Crippen molar-refractivity contribution in [1.29, 1.82) is 0 Å². The van der Waals surface area contributed by atoms with E-state index in [0.717, 1.165) is 5.56 Å². The van der Waals surface area contributed by atoms with Crippen LogP contribution >= 0.6 is 0 Å². The number of hydrogen-bond donors (Lipinski definition) is 1. The maximum Gasteiger partial charge on any atom is 0.259 e. The van der Waals surface area contributed by atoms with Gasteiger partial charge in [0, 0.05) is 5.56 Å². The van der Waals surface area contributed by atoms with E-state index >= 15 is 0 Å². The lowest BCUT2D eigenvalue weighted by Crippen LogP contribution is -2.30. The summed E-state index contributed by atoms with van der Waals surface area (Å²) in [6, 6.07) is 7.31. The Bertz CT molecular complexity index is 297. The van der Waals surface area contributed by atoms with E-state index in [-0.39, 0.29) is 0 Å². The lowest BCUT2D eigenvalue weighted by atomic mass is 10.1. The summed E-state index contributed by atoms with van der Waals surface area (Å²) >= 11 is 0. The molecule has 0 saturated carbocycles. The summed E-state index contributed by atoms with van der Waals surface area (Å²) in [5.74, 6) is 0.160. The fraction of sp³-hybridized carbons (Fsp3) is 0.111. The molecular weight excluding hydrogens is 154 g/mol. The molecule has 0 fully saturated rings. The van der Waals surface area contributed by atoms with Crippen LogP contribution in [-0.2, 0) is 4.79 Å². The van der Waals surface area contributed by atoms with Crippen molar-refractivity contribution in [3.63, 3.8) is 0 Å². The molecule has 0 spiro atoms. The Morgan fingerprint density at radius 2 is 2.25 bits per heavy atom. The first-order chi connectivity index (χ1) is 5.77. The number of primary amides is 1. The second kappa shape index (κ2) is 2.52. The first kappa shape index (κ1) is 7.16. The van der Waals surface area contributed by atoms with Gasteiger partial charge in [0.1, 0.15) is 5.75 Å². The summed E-state index contributed by atoms with van der Waals surface area (Å²) in [7, 11) is 0. The van der Waals surface area contributed by atoms with Crippen LogP contribution in [0.5, 0.6) is 5.75 Å². The summed E-state index contributed by atoms with van der Waals surface area (Å²) in [6.07, 6.45) is 2.12. The number of fused-ring (bicyclic) bond motifs is 1. The van der Waals surface area contributed by atoms with E-state index in [1.807, 2.05) is 18.2 Å². The Morgan fingerprint density at radius 3 is 2.92 bits per heavy atom. The maximum absolute atomic E-state index is 10.7. The predicted molar refractivity (Wildman–Crippen MR) is 42.4 cm³/mol. The van der Waals surface area contributed by atoms with E-state index in [9.17, 15) is 4.79 Å². The molecule has 2 N–H and O–H groups in total. The summed E-state index contributed by atoms with van der Waals surface area (Å²) in [5.41, 5.74) is 5.86. The number of benzene rings is 1. The van der Waals surface area contributed by atoms with Gasteiger partial charge in [-0.25, -0.2) is 0 Å². The van der Waals surface area contributed by atoms with Crippen molar-refractivity contribution in [3.05, 3.63) is 36.2 Å². The number of hydrogen-bond acceptors (Lipinski definition) is 2. The average molecular weight is 161 g/mol. The Morgan fingerprint density at radius 1 is 1.50 bits per heavy atom. The number of nitrogens with two attached hydrogens (primary N) is 1. The third-order valence-electron chi connectivity index (χ3n) is 1.68. The van der Waals surface area contributed by atoms with Gasteiger partial charge in [-0.15, -0.1) is 0 Å². The number of carbonyl (C=O) groups is 1. The second-order valence-corrected chi connectivity index (χ2v) is 2.54. The zero-order valence-electron chi connectivity index (χ0n) is 6.28. The highest BCUT2D eigenvalue weighted by atomic mass is 16.5. The van der Waals surface area contributed by atoms with Crippen molar-refractivity contribution < 1.29 is 9.53 Å². The summed E-state index contributed by atoms with van der Waals surface area (Å²) in [4.78, 5) is 10.7. The van der Waals surface area contributed by atoms with Gasteiger partial charge in [0.25, 0.3) is 5.91 Å². The highest BCUT2D eigenvalue weighted by Crippen LogP contribution is 2.29. The molecule has 2 radical (unpaired) electrons. The van der Waals surface area contributed by atoms with Crippen molar-refractivity contribution >= 4 is 5.91 Å². The van der Waals surface area contributed by atoms with Crippen LogP contribution in [-0.4, -0.2) is 12.0 Å². The molecule has 1 amide bonds. The molecule has 1 heterocycles. The molecule has 0 aliphatic carbocycles. The minimum atomic E-state index is -0.720. The lowest BCUT2D eigenvalue weighted by molar-refractivity contribution is -0.122. The first-order valence-corrected chi connectivity index (χ1v) is 3.59. The second-order valence-electron chi connectivity index (χ2n) is 2.54. The van der Waals surface area contributed by atoms with Crippen LogP contribution in [0.4, 0.5) is 0 Å². The Kier molecular flexibility index (Phi) is 1.50. The van der Waals surface area contributed by atoms with Crippen LogP contribution in [0.25, 0.3) is 0 Å². The molecule has 2 rings (SSSR count). The van der Waals surface area contributed by atoms with Crippen LogP contribution in [0.1, 0.15) is 5.56 Å². The molecule has 0 aromatic heterocycles. The smallest absolute Gasteiger partial charge is 0.259 e. The minimum absolute atomic E-state index is 0.508. The number of amides is 1. The van der Waals surface area contributed by atoms with Crippen LogP contribution in [0.2, 0.25) is 0 Å². The average Bonchev–Trinajstić information content (AvgIpc) is 2.46. The van der Waals surface area contributed by atoms with Crippen molar-refractivity contribution in [2.75, 3.05) is 0 Å². The van der Waals surface area contributed by atoms with Gasteiger partial charge in [0.2, 0.25) is 0 Å². The largest absolute Gasteiger partial charge is 0.479 e. The van der Waals surface area contributed by atoms with Crippen molar-refractivity contribution in [2.45, 2.75) is 6.10 Å². The van der Waals surface area contributed by atoms with E-state index in [2.05, 4.69) is 6.42 Å². The molecule has 1 aliphatic rings. The summed E-state index contributed by atoms with van der Waals surface area (Å²) in [6.45, 7) is 0. The fourth-order valence-electron chi connectivity index (χ4n) is 1.12. The number of carbonyl (C=O) groups excluding carboxylic acids is 1. The van der Waals surface area contributed by atoms with Gasteiger partial charge >= 0.3 is 0 Å². The Labute approximate surface area is 70.1 Å². The fourth-order valence-corrected chi connectivity index (χ4v) is 1.12. The highest BCUT2D eigenvalue weighted by Gasteiger charge is 2.27. The SMILES string of the molecule is NC(=O)C1[C]c2ccccc2O1. The summed E-state index contributed by atoms with van der Waals surface area (Å²) < 4.78 is 5.18. The van der Waals surface area contributed by atoms with Crippen molar-refractivity contribution in [2.24, 2.45) is 5.73 Å². The zero-order chi connectivity index (χ0) is 8.55. The van der Waals surface area contributed by atoms with Crippen LogP contribution in [0.15, 0.2) is 24.3 Å². The molecule has 3 heteroatoms. The standard InChI is InChI=1S/C9H7NO2/c10-9(11)8-5-6-3-1-2-4-7(6)12-8/h1-4,8H,(H2,10,11). The van der Waals surface area contributed by atoms with Gasteiger partial charge in [0.15, 0.2) is 6.10 Å². The molecule has 12 heavy (non-hydrogen) atoms. The Hall–Kier alpha value is -1.51. The Balaban J connectivity index is 2.27. The molecule has 1 unspecified atom stereocenters. The quantitative estimate of drug-likeness (QED) is 0.646. The number of rotatable bonds is 1. The van der Waals surface area contributed by atoms with Gasteiger partial charge in [0.05, 0.1) is 6.42 Å². The molecular formula is C9H7NO2. The van der Waals surface area contributed by atoms with E-state index in [1.54, 1.807) is 6.07 Å². The predicted octanol–water partition coefficient (Wildman–Crippen LogP) is 0.362. The van der Waals surface area contributed by atoms with Gasteiger partial charge in [-0.1, -0.05) is 18.2 Å². The first-order valence-electron chi connectivity index (χ1n) is 3.59. The van der Waals surface area contributed by atoms with E-state index in [4.69, 9.17) is 10.5 Å². The van der Waals surface area contributed by atoms with Gasteiger partial charge < -0.3 is 10.5 Å². The molecule has 1 atom stereocenters. The molecule has 0 saturated heterocycles. The third-order valence-corrected chi connectivity index (χ3v) is 1.68. The van der Waals surface area contributed by atoms with Gasteiger partial charge in [-0.2, -0.15) is 0 Å². The topological polar surface area (TPSA) is 52.3 Å². The van der Waals surface area contributed by atoms with Crippen molar-refractivity contribution in [1.82, 2.24) is 0 Å². The van der Waals surface area contributed by atoms with Gasteiger partial charge in [-0.3, -0.25) is 4.79 Å². The van der Waals surface area contributed by atoms with E-state index in [1.165, 1.54) is 0 Å². The highest BCUT2D eigenvalue weighted by molar-refractivity contribution is 5.83. The van der Waals surface area contributed by atoms with E-state index in [0.29, 0.717) is 5.75 Å². The van der Waals surface area contributed by atoms with Crippen LogP contribution < -0.4 is 10.5 Å². The van der Waals surface area contributed by atoms with Crippen LogP contribution in [0.3, 0.4) is 0 Å². The van der Waals surface area contributed by atoms with E-state index < -0.39 is 12.0 Å². The normalized spacial score (nSPS) is 19.8. The monoisotopic (exact) mass is 161 g/mol. The minimum Gasteiger partial charge on any atom is -0.479 e. The van der Waals surface area contributed by atoms with Gasteiger partial charge in [-0.05, 0) is 6.07 Å². The molecule has 1 aromatic rings. The number of ether oxygens (including phenoxy) is 1. The van der Waals surface area contributed by atoms with Crippen molar-refractivity contribution in [3.8, 4) is 5.75 Å². The molecule has 1 aliphatic heterocycles. The lowest BCUT2D eigenvalue weighted by Gasteiger charge is -2.03. The molecule has 60 valence electrons. The third kappa shape index (κ3) is 1.03. The maximum atomic E-state index is 10.7. The molecule has 3 nitrogen and oxygen atoms in total. The number of para-hydroxylation sites is 1. The molecule has 1 aromatic carbocycles.